The molecule has 6 nitrogen and oxygen atoms in total. The molecule has 0 aromatic heterocycles. The fourth-order valence-electron chi connectivity index (χ4n) is 3.05. The molecule has 1 aliphatic rings. The van der Waals surface area contributed by atoms with Crippen molar-refractivity contribution in [2.75, 3.05) is 45.9 Å². The first-order valence-corrected chi connectivity index (χ1v) is 9.64. The molecular weight excluding hydrogens is 328 g/mol. The summed E-state index contributed by atoms with van der Waals surface area (Å²) in [6.45, 7) is 9.21. The van der Waals surface area contributed by atoms with Crippen molar-refractivity contribution in [3.63, 3.8) is 0 Å². The predicted molar refractivity (Wildman–Crippen MR) is 105 cm³/mol. The van der Waals surface area contributed by atoms with Crippen LogP contribution in [0.2, 0.25) is 0 Å². The Morgan fingerprint density at radius 2 is 2.08 bits per heavy atom. The molecule has 1 unspecified atom stereocenters. The summed E-state index contributed by atoms with van der Waals surface area (Å²) >= 11 is 0. The van der Waals surface area contributed by atoms with Crippen LogP contribution in [0.15, 0.2) is 35.3 Å². The van der Waals surface area contributed by atoms with Gasteiger partial charge in [-0.25, -0.2) is 0 Å². The smallest absolute Gasteiger partial charge is 0.223 e. The third kappa shape index (κ3) is 7.04. The van der Waals surface area contributed by atoms with Crippen molar-refractivity contribution >= 4 is 11.9 Å². The van der Waals surface area contributed by atoms with Crippen LogP contribution in [0.25, 0.3) is 0 Å². The average Bonchev–Trinajstić information content (AvgIpc) is 3.02. The van der Waals surface area contributed by atoms with E-state index in [2.05, 4.69) is 27.8 Å². The third-order valence-corrected chi connectivity index (χ3v) is 4.40. The van der Waals surface area contributed by atoms with E-state index in [1.54, 1.807) is 0 Å². The van der Waals surface area contributed by atoms with Crippen LogP contribution in [-0.2, 0) is 16.0 Å². The molecule has 0 saturated carbocycles. The molecule has 1 atom stereocenters. The number of carbonyl (C=O) groups excluding carboxylic acids is 1. The summed E-state index contributed by atoms with van der Waals surface area (Å²) in [5.41, 5.74) is 1.27. The Kier molecular flexibility index (Phi) is 8.96. The first kappa shape index (κ1) is 20.2. The summed E-state index contributed by atoms with van der Waals surface area (Å²) in [6, 6.07) is 10.3. The number of amides is 1. The van der Waals surface area contributed by atoms with E-state index >= 15 is 0 Å². The molecule has 1 aromatic carbocycles. The van der Waals surface area contributed by atoms with Gasteiger partial charge in [0.2, 0.25) is 5.91 Å². The number of hydrogen-bond acceptors (Lipinski definition) is 3. The molecule has 0 spiro atoms. The molecule has 1 heterocycles. The number of likely N-dealkylation sites (tertiary alicyclic amines) is 1. The molecule has 1 aliphatic heterocycles. The van der Waals surface area contributed by atoms with E-state index < -0.39 is 0 Å². The largest absolute Gasteiger partial charge is 0.380 e. The van der Waals surface area contributed by atoms with E-state index in [9.17, 15) is 4.79 Å². The molecule has 0 radical (unpaired) electrons. The van der Waals surface area contributed by atoms with Gasteiger partial charge in [-0.15, -0.1) is 0 Å². The number of hydrogen-bond donors (Lipinski definition) is 2. The number of guanidine groups is 1. The molecule has 1 fully saturated rings. The van der Waals surface area contributed by atoms with Crippen molar-refractivity contribution in [3.05, 3.63) is 35.9 Å². The molecule has 1 saturated heterocycles. The maximum atomic E-state index is 12.2. The van der Waals surface area contributed by atoms with E-state index in [1.807, 2.05) is 36.9 Å². The maximum absolute atomic E-state index is 12.2. The minimum atomic E-state index is 0.246. The number of nitrogens with zero attached hydrogens (tertiary/aromatic N) is 2. The molecule has 1 amide bonds. The Labute approximate surface area is 157 Å². The Bertz CT molecular complexity index is 562. The van der Waals surface area contributed by atoms with Gasteiger partial charge in [-0.05, 0) is 25.8 Å². The SMILES string of the molecule is CCNC(=NCC1CC(=O)N(CCc2ccccc2)C1)NCCOCC. The summed E-state index contributed by atoms with van der Waals surface area (Å²) in [6.07, 6.45) is 1.50. The first-order valence-electron chi connectivity index (χ1n) is 9.64. The van der Waals surface area contributed by atoms with Gasteiger partial charge in [-0.2, -0.15) is 0 Å². The highest BCUT2D eigenvalue weighted by Gasteiger charge is 2.28. The zero-order valence-electron chi connectivity index (χ0n) is 16.0. The zero-order chi connectivity index (χ0) is 18.6. The summed E-state index contributed by atoms with van der Waals surface area (Å²) in [5.74, 6) is 1.33. The van der Waals surface area contributed by atoms with E-state index in [1.165, 1.54) is 5.56 Å². The minimum Gasteiger partial charge on any atom is -0.380 e. The highest BCUT2D eigenvalue weighted by atomic mass is 16.5. The number of benzene rings is 1. The Morgan fingerprint density at radius 3 is 2.81 bits per heavy atom. The lowest BCUT2D eigenvalue weighted by atomic mass is 10.1. The van der Waals surface area contributed by atoms with E-state index in [0.717, 1.165) is 45.2 Å². The number of nitrogens with one attached hydrogen (secondary N) is 2. The number of ether oxygens (including phenoxy) is 1. The minimum absolute atomic E-state index is 0.246. The molecule has 0 aliphatic carbocycles. The summed E-state index contributed by atoms with van der Waals surface area (Å²) in [4.78, 5) is 18.9. The van der Waals surface area contributed by atoms with Crippen LogP contribution < -0.4 is 10.6 Å². The van der Waals surface area contributed by atoms with Crippen LogP contribution in [0, 0.1) is 5.92 Å². The van der Waals surface area contributed by atoms with Gasteiger partial charge in [-0.3, -0.25) is 9.79 Å². The first-order chi connectivity index (χ1) is 12.7. The van der Waals surface area contributed by atoms with Crippen LogP contribution in [0.1, 0.15) is 25.8 Å². The molecule has 2 N–H and O–H groups in total. The average molecular weight is 361 g/mol. The van der Waals surface area contributed by atoms with Crippen LogP contribution in [0.3, 0.4) is 0 Å². The second kappa shape index (κ2) is 11.5. The summed E-state index contributed by atoms with van der Waals surface area (Å²) < 4.78 is 5.33. The van der Waals surface area contributed by atoms with Gasteiger partial charge in [0.1, 0.15) is 0 Å². The van der Waals surface area contributed by atoms with Crippen LogP contribution >= 0.6 is 0 Å². The lowest BCUT2D eigenvalue weighted by Crippen LogP contribution is -2.39. The van der Waals surface area contributed by atoms with Crippen molar-refractivity contribution in [2.45, 2.75) is 26.7 Å². The highest BCUT2D eigenvalue weighted by Crippen LogP contribution is 2.18. The predicted octanol–water partition coefficient (Wildman–Crippen LogP) is 1.67. The molecule has 144 valence electrons. The van der Waals surface area contributed by atoms with E-state index in [0.29, 0.717) is 25.5 Å². The monoisotopic (exact) mass is 360 g/mol. The lowest BCUT2D eigenvalue weighted by Gasteiger charge is -2.16. The van der Waals surface area contributed by atoms with Crippen molar-refractivity contribution in [1.82, 2.24) is 15.5 Å². The van der Waals surface area contributed by atoms with Crippen molar-refractivity contribution < 1.29 is 9.53 Å². The molecule has 0 bridgehead atoms. The molecular formula is C20H32N4O2. The third-order valence-electron chi connectivity index (χ3n) is 4.40. The van der Waals surface area contributed by atoms with Crippen molar-refractivity contribution in [1.29, 1.82) is 0 Å². The van der Waals surface area contributed by atoms with Gasteiger partial charge < -0.3 is 20.3 Å². The van der Waals surface area contributed by atoms with Gasteiger partial charge >= 0.3 is 0 Å². The van der Waals surface area contributed by atoms with Crippen molar-refractivity contribution in [2.24, 2.45) is 10.9 Å². The Morgan fingerprint density at radius 1 is 1.27 bits per heavy atom. The molecule has 1 aromatic rings. The van der Waals surface area contributed by atoms with Gasteiger partial charge in [0.25, 0.3) is 0 Å². The topological polar surface area (TPSA) is 66.0 Å². The van der Waals surface area contributed by atoms with E-state index in [-0.39, 0.29) is 5.91 Å². The maximum Gasteiger partial charge on any atom is 0.223 e. The van der Waals surface area contributed by atoms with Crippen LogP contribution in [0.5, 0.6) is 0 Å². The quantitative estimate of drug-likeness (QED) is 0.378. The number of carbonyl (C=O) groups is 1. The fraction of sp³-hybridized carbons (Fsp3) is 0.600. The molecule has 2 rings (SSSR count). The second-order valence-electron chi connectivity index (χ2n) is 6.49. The zero-order valence-corrected chi connectivity index (χ0v) is 16.0. The Hall–Kier alpha value is -2.08. The normalized spacial score (nSPS) is 17.6. The number of rotatable bonds is 10. The van der Waals surface area contributed by atoms with Gasteiger partial charge in [0.15, 0.2) is 5.96 Å². The van der Waals surface area contributed by atoms with Crippen molar-refractivity contribution in [3.8, 4) is 0 Å². The number of aliphatic imine (C=N–C) groups is 1. The van der Waals surface area contributed by atoms with Crippen LogP contribution in [0.4, 0.5) is 0 Å². The van der Waals surface area contributed by atoms with Crippen LogP contribution in [-0.4, -0.2) is 62.7 Å². The van der Waals surface area contributed by atoms with Gasteiger partial charge in [-0.1, -0.05) is 30.3 Å². The standard InChI is InChI=1S/C20H32N4O2/c1-3-21-20(22-11-13-26-4-2)23-15-18-14-19(25)24(16-18)12-10-17-8-6-5-7-9-17/h5-9,18H,3-4,10-16H2,1-2H3,(H2,21,22,23). The Balaban J connectivity index is 1.76. The van der Waals surface area contributed by atoms with E-state index in [4.69, 9.17) is 4.74 Å². The van der Waals surface area contributed by atoms with Gasteiger partial charge in [0.05, 0.1) is 6.61 Å². The fourth-order valence-corrected chi connectivity index (χ4v) is 3.05. The highest BCUT2D eigenvalue weighted by molar-refractivity contribution is 5.80. The lowest BCUT2D eigenvalue weighted by molar-refractivity contribution is -0.127. The second-order valence-corrected chi connectivity index (χ2v) is 6.49. The summed E-state index contributed by atoms with van der Waals surface area (Å²) in [7, 11) is 0. The van der Waals surface area contributed by atoms with Gasteiger partial charge in [0, 0.05) is 51.7 Å². The summed E-state index contributed by atoms with van der Waals surface area (Å²) in [5, 5.41) is 6.50. The molecule has 6 heteroatoms. The molecule has 26 heavy (non-hydrogen) atoms.